The van der Waals surface area contributed by atoms with E-state index in [9.17, 15) is 13.6 Å². The Labute approximate surface area is 77.8 Å². The summed E-state index contributed by atoms with van der Waals surface area (Å²) in [5.74, 6) is -2.45. The fraction of sp³-hybridized carbons (Fsp3) is 0. The molecular formula is C8H6F2N2O2. The molecule has 14 heavy (non-hydrogen) atoms. The van der Waals surface area contributed by atoms with Crippen LogP contribution in [0.4, 0.5) is 14.5 Å². The van der Waals surface area contributed by atoms with Gasteiger partial charge in [0.2, 0.25) is 0 Å². The molecule has 0 aliphatic rings. The van der Waals surface area contributed by atoms with Gasteiger partial charge in [-0.2, -0.15) is 0 Å². The molecule has 1 aromatic rings. The summed E-state index contributed by atoms with van der Waals surface area (Å²) >= 11 is 0. The van der Waals surface area contributed by atoms with Gasteiger partial charge in [-0.25, -0.2) is 8.78 Å². The highest BCUT2D eigenvalue weighted by Gasteiger charge is 2.05. The van der Waals surface area contributed by atoms with Gasteiger partial charge in [-0.1, -0.05) is 5.16 Å². The van der Waals surface area contributed by atoms with Crippen molar-refractivity contribution in [2.45, 2.75) is 0 Å². The second-order valence-electron chi connectivity index (χ2n) is 2.36. The van der Waals surface area contributed by atoms with E-state index in [4.69, 9.17) is 5.21 Å². The van der Waals surface area contributed by atoms with Crippen LogP contribution in [0.1, 0.15) is 0 Å². The Morgan fingerprint density at radius 2 is 2.21 bits per heavy atom. The number of benzene rings is 1. The fourth-order valence-corrected chi connectivity index (χ4v) is 0.808. The highest BCUT2D eigenvalue weighted by molar-refractivity contribution is 6.31. The fourth-order valence-electron chi connectivity index (χ4n) is 0.808. The Balaban J connectivity index is 2.82. The monoisotopic (exact) mass is 200 g/mol. The maximum Gasteiger partial charge on any atom is 0.270 e. The minimum Gasteiger partial charge on any atom is -0.411 e. The number of anilines is 1. The molecule has 2 N–H and O–H groups in total. The zero-order valence-corrected chi connectivity index (χ0v) is 6.87. The summed E-state index contributed by atoms with van der Waals surface area (Å²) in [6.45, 7) is 0. The van der Waals surface area contributed by atoms with Crippen molar-refractivity contribution in [1.29, 1.82) is 0 Å². The van der Waals surface area contributed by atoms with E-state index in [1.807, 2.05) is 5.32 Å². The first-order valence-electron chi connectivity index (χ1n) is 3.57. The molecule has 0 saturated carbocycles. The van der Waals surface area contributed by atoms with Gasteiger partial charge in [0.1, 0.15) is 17.8 Å². The van der Waals surface area contributed by atoms with Crippen molar-refractivity contribution in [2.75, 3.05) is 5.32 Å². The molecule has 0 saturated heterocycles. The lowest BCUT2D eigenvalue weighted by Crippen LogP contribution is -2.13. The van der Waals surface area contributed by atoms with Crippen LogP contribution in [0.2, 0.25) is 0 Å². The van der Waals surface area contributed by atoms with Crippen LogP contribution in [0.3, 0.4) is 0 Å². The second-order valence-corrected chi connectivity index (χ2v) is 2.36. The minimum atomic E-state index is -0.898. The molecule has 0 aliphatic heterocycles. The topological polar surface area (TPSA) is 61.7 Å². The summed E-state index contributed by atoms with van der Waals surface area (Å²) in [5, 5.41) is 12.5. The number of nitrogens with one attached hydrogen (secondary N) is 1. The molecule has 0 fully saturated rings. The third kappa shape index (κ3) is 2.51. The zero-order valence-electron chi connectivity index (χ0n) is 6.87. The normalized spacial score (nSPS) is 10.4. The molecule has 1 rings (SSSR count). The number of carbonyl (C=O) groups is 1. The van der Waals surface area contributed by atoms with E-state index in [-0.39, 0.29) is 5.69 Å². The lowest BCUT2D eigenvalue weighted by Gasteiger charge is -2.02. The number of oxime groups is 1. The Morgan fingerprint density at radius 1 is 1.50 bits per heavy atom. The molecule has 74 valence electrons. The molecule has 0 atom stereocenters. The summed E-state index contributed by atoms with van der Waals surface area (Å²) in [7, 11) is 0. The van der Waals surface area contributed by atoms with Crippen LogP contribution >= 0.6 is 0 Å². The highest BCUT2D eigenvalue weighted by Crippen LogP contribution is 2.14. The van der Waals surface area contributed by atoms with Gasteiger partial charge in [0.15, 0.2) is 0 Å². The van der Waals surface area contributed by atoms with E-state index in [0.717, 1.165) is 12.1 Å². The number of amides is 1. The lowest BCUT2D eigenvalue weighted by molar-refractivity contribution is -0.110. The Kier molecular flexibility index (Phi) is 3.11. The predicted octanol–water partition coefficient (Wildman–Crippen LogP) is 1.36. The smallest absolute Gasteiger partial charge is 0.270 e. The molecule has 6 heteroatoms. The third-order valence-electron chi connectivity index (χ3n) is 1.36. The summed E-state index contributed by atoms with van der Waals surface area (Å²) in [6.07, 6.45) is 0.558. The van der Waals surface area contributed by atoms with Gasteiger partial charge in [-0.3, -0.25) is 4.79 Å². The summed E-state index contributed by atoms with van der Waals surface area (Å²) in [4.78, 5) is 10.8. The van der Waals surface area contributed by atoms with Crippen molar-refractivity contribution in [3.63, 3.8) is 0 Å². The lowest BCUT2D eigenvalue weighted by atomic mass is 10.3. The van der Waals surface area contributed by atoms with Crippen molar-refractivity contribution in [1.82, 2.24) is 0 Å². The predicted molar refractivity (Wildman–Crippen MR) is 45.3 cm³/mol. The molecule has 0 spiro atoms. The van der Waals surface area contributed by atoms with Crippen molar-refractivity contribution < 1.29 is 18.8 Å². The van der Waals surface area contributed by atoms with Crippen LogP contribution in [0.5, 0.6) is 0 Å². The van der Waals surface area contributed by atoms with Gasteiger partial charge in [-0.15, -0.1) is 0 Å². The largest absolute Gasteiger partial charge is 0.411 e. The zero-order chi connectivity index (χ0) is 10.6. The molecule has 0 radical (unpaired) electrons. The van der Waals surface area contributed by atoms with Gasteiger partial charge in [0.05, 0.1) is 5.69 Å². The Hall–Kier alpha value is -1.98. The molecule has 4 nitrogen and oxygen atoms in total. The molecule has 0 bridgehead atoms. The molecule has 0 heterocycles. The molecule has 0 aromatic heterocycles. The number of nitrogens with zero attached hydrogens (tertiary/aromatic N) is 1. The van der Waals surface area contributed by atoms with Gasteiger partial charge >= 0.3 is 0 Å². The Morgan fingerprint density at radius 3 is 2.79 bits per heavy atom. The second kappa shape index (κ2) is 4.31. The van der Waals surface area contributed by atoms with Crippen molar-refractivity contribution in [3.05, 3.63) is 29.8 Å². The van der Waals surface area contributed by atoms with Crippen LogP contribution in [0.15, 0.2) is 23.4 Å². The maximum atomic E-state index is 12.9. The average molecular weight is 200 g/mol. The van der Waals surface area contributed by atoms with E-state index in [1.165, 1.54) is 0 Å². The van der Waals surface area contributed by atoms with Crippen LogP contribution in [0, 0.1) is 11.6 Å². The number of rotatable bonds is 2. The average Bonchev–Trinajstić information content (AvgIpc) is 2.10. The van der Waals surface area contributed by atoms with E-state index in [0.29, 0.717) is 12.3 Å². The van der Waals surface area contributed by atoms with Crippen LogP contribution in [-0.2, 0) is 4.79 Å². The van der Waals surface area contributed by atoms with E-state index < -0.39 is 17.5 Å². The first-order valence-corrected chi connectivity index (χ1v) is 3.57. The van der Waals surface area contributed by atoms with Crippen LogP contribution in [0.25, 0.3) is 0 Å². The summed E-state index contributed by atoms with van der Waals surface area (Å²) < 4.78 is 25.3. The third-order valence-corrected chi connectivity index (χ3v) is 1.36. The van der Waals surface area contributed by atoms with Crippen molar-refractivity contribution in [2.24, 2.45) is 5.16 Å². The number of carbonyl (C=O) groups excluding carboxylic acids is 1. The number of halogens is 2. The molecule has 1 aromatic carbocycles. The van der Waals surface area contributed by atoms with E-state index >= 15 is 0 Å². The maximum absolute atomic E-state index is 12.9. The number of hydrogen-bond acceptors (Lipinski definition) is 3. The standard InChI is InChI=1S/C8H6F2N2O2/c9-5-1-2-7(6(10)3-5)12-8(13)4-11-14/h1-4,14H,(H,12,13)/b11-4+. The Bertz CT molecular complexity index is 380. The van der Waals surface area contributed by atoms with E-state index in [2.05, 4.69) is 5.16 Å². The van der Waals surface area contributed by atoms with Gasteiger partial charge in [0, 0.05) is 6.07 Å². The quantitative estimate of drug-likeness (QED) is 0.430. The highest BCUT2D eigenvalue weighted by atomic mass is 19.1. The SMILES string of the molecule is O=C(/C=N/O)Nc1ccc(F)cc1F. The van der Waals surface area contributed by atoms with Crippen molar-refractivity contribution in [3.8, 4) is 0 Å². The van der Waals surface area contributed by atoms with E-state index in [1.54, 1.807) is 0 Å². The van der Waals surface area contributed by atoms with Gasteiger partial charge < -0.3 is 10.5 Å². The van der Waals surface area contributed by atoms with Crippen LogP contribution in [-0.4, -0.2) is 17.3 Å². The van der Waals surface area contributed by atoms with Gasteiger partial charge in [0.25, 0.3) is 5.91 Å². The van der Waals surface area contributed by atoms with Crippen molar-refractivity contribution >= 4 is 17.8 Å². The first-order chi connectivity index (χ1) is 6.63. The van der Waals surface area contributed by atoms with Gasteiger partial charge in [-0.05, 0) is 12.1 Å². The van der Waals surface area contributed by atoms with Crippen LogP contribution < -0.4 is 5.32 Å². The summed E-state index contributed by atoms with van der Waals surface area (Å²) in [6, 6.07) is 2.69. The molecule has 0 unspecified atom stereocenters. The summed E-state index contributed by atoms with van der Waals surface area (Å²) in [5.41, 5.74) is -0.184. The molecule has 1 amide bonds. The molecular weight excluding hydrogens is 194 g/mol. The first kappa shape index (κ1) is 10.1. The number of hydrogen-bond donors (Lipinski definition) is 2. The molecule has 0 aliphatic carbocycles. The minimum absolute atomic E-state index is 0.184.